The van der Waals surface area contributed by atoms with E-state index in [2.05, 4.69) is 5.32 Å². The standard InChI is InChI=1S/C17H23NO4/c1-22-10-9-17(7-2-8-17)12-18-15(19)11-13-3-5-14(6-4-13)16(20)21/h3-6H,2,7-12H2,1H3,(H,18,19)(H,20,21). The fraction of sp³-hybridized carbons (Fsp3) is 0.529. The number of hydrogen-bond acceptors (Lipinski definition) is 3. The molecule has 0 aromatic heterocycles. The zero-order valence-corrected chi connectivity index (χ0v) is 12.9. The van der Waals surface area contributed by atoms with Gasteiger partial charge in [0.25, 0.3) is 0 Å². The molecule has 0 bridgehead atoms. The lowest BCUT2D eigenvalue weighted by molar-refractivity contribution is -0.121. The predicted molar refractivity (Wildman–Crippen MR) is 82.9 cm³/mol. The summed E-state index contributed by atoms with van der Waals surface area (Å²) in [6, 6.07) is 6.42. The minimum atomic E-state index is -0.957. The van der Waals surface area contributed by atoms with Gasteiger partial charge in [-0.2, -0.15) is 0 Å². The highest BCUT2D eigenvalue weighted by atomic mass is 16.5. The number of methoxy groups -OCH3 is 1. The molecule has 0 aliphatic heterocycles. The number of nitrogens with one attached hydrogen (secondary N) is 1. The lowest BCUT2D eigenvalue weighted by Crippen LogP contribution is -2.43. The number of benzene rings is 1. The molecule has 22 heavy (non-hydrogen) atoms. The number of aromatic carboxylic acids is 1. The first-order valence-electron chi connectivity index (χ1n) is 7.63. The molecule has 0 atom stereocenters. The zero-order chi connectivity index (χ0) is 16.0. The average molecular weight is 305 g/mol. The number of rotatable bonds is 8. The van der Waals surface area contributed by atoms with Gasteiger partial charge in [0.15, 0.2) is 0 Å². The Bertz CT molecular complexity index is 520. The van der Waals surface area contributed by atoms with Gasteiger partial charge in [-0.05, 0) is 42.4 Å². The third-order valence-corrected chi connectivity index (χ3v) is 4.48. The second-order valence-corrected chi connectivity index (χ2v) is 6.05. The Morgan fingerprint density at radius 3 is 2.45 bits per heavy atom. The van der Waals surface area contributed by atoms with Gasteiger partial charge in [0.05, 0.1) is 12.0 Å². The summed E-state index contributed by atoms with van der Waals surface area (Å²) in [4.78, 5) is 22.8. The summed E-state index contributed by atoms with van der Waals surface area (Å²) < 4.78 is 5.15. The minimum Gasteiger partial charge on any atom is -0.478 e. The molecule has 1 aromatic carbocycles. The molecule has 0 saturated heterocycles. The van der Waals surface area contributed by atoms with Crippen molar-refractivity contribution in [3.05, 3.63) is 35.4 Å². The van der Waals surface area contributed by atoms with Crippen LogP contribution < -0.4 is 5.32 Å². The summed E-state index contributed by atoms with van der Waals surface area (Å²) in [5.41, 5.74) is 1.26. The maximum atomic E-state index is 12.0. The molecule has 1 fully saturated rings. The van der Waals surface area contributed by atoms with Crippen LogP contribution in [0, 0.1) is 5.41 Å². The minimum absolute atomic E-state index is 0.0215. The Morgan fingerprint density at radius 1 is 1.27 bits per heavy atom. The number of hydrogen-bond donors (Lipinski definition) is 2. The fourth-order valence-electron chi connectivity index (χ4n) is 2.81. The lowest BCUT2D eigenvalue weighted by atomic mass is 9.66. The van der Waals surface area contributed by atoms with E-state index in [4.69, 9.17) is 9.84 Å². The van der Waals surface area contributed by atoms with E-state index in [1.807, 2.05) is 0 Å². The molecule has 1 aliphatic carbocycles. The molecule has 0 radical (unpaired) electrons. The highest BCUT2D eigenvalue weighted by Gasteiger charge is 2.36. The van der Waals surface area contributed by atoms with Crippen LogP contribution in [0.1, 0.15) is 41.6 Å². The smallest absolute Gasteiger partial charge is 0.335 e. The summed E-state index contributed by atoms with van der Waals surface area (Å²) >= 11 is 0. The topological polar surface area (TPSA) is 75.6 Å². The molecule has 0 heterocycles. The highest BCUT2D eigenvalue weighted by Crippen LogP contribution is 2.43. The van der Waals surface area contributed by atoms with E-state index < -0.39 is 5.97 Å². The monoisotopic (exact) mass is 305 g/mol. The van der Waals surface area contributed by atoms with Gasteiger partial charge in [-0.15, -0.1) is 0 Å². The van der Waals surface area contributed by atoms with Crippen molar-refractivity contribution < 1.29 is 19.4 Å². The van der Waals surface area contributed by atoms with E-state index >= 15 is 0 Å². The van der Waals surface area contributed by atoms with E-state index in [0.717, 1.165) is 31.4 Å². The predicted octanol–water partition coefficient (Wildman–Crippen LogP) is 2.25. The van der Waals surface area contributed by atoms with E-state index in [1.165, 1.54) is 18.6 Å². The Morgan fingerprint density at radius 2 is 1.95 bits per heavy atom. The molecular weight excluding hydrogens is 282 g/mol. The van der Waals surface area contributed by atoms with E-state index in [-0.39, 0.29) is 23.3 Å². The SMILES string of the molecule is COCCC1(CNC(=O)Cc2ccc(C(=O)O)cc2)CCC1. The molecule has 0 unspecified atom stereocenters. The van der Waals surface area contributed by atoms with Crippen molar-refractivity contribution >= 4 is 11.9 Å². The van der Waals surface area contributed by atoms with Crippen LogP contribution in [0.5, 0.6) is 0 Å². The van der Waals surface area contributed by atoms with Crippen LogP contribution in [0.15, 0.2) is 24.3 Å². The van der Waals surface area contributed by atoms with Crippen molar-refractivity contribution in [3.63, 3.8) is 0 Å². The second-order valence-electron chi connectivity index (χ2n) is 6.05. The van der Waals surface area contributed by atoms with E-state index in [0.29, 0.717) is 6.54 Å². The van der Waals surface area contributed by atoms with Crippen molar-refractivity contribution in [2.24, 2.45) is 5.41 Å². The number of carboxylic acids is 1. The maximum Gasteiger partial charge on any atom is 0.335 e. The second kappa shape index (κ2) is 7.40. The maximum absolute atomic E-state index is 12.0. The third-order valence-electron chi connectivity index (χ3n) is 4.48. The summed E-state index contributed by atoms with van der Waals surface area (Å²) in [5.74, 6) is -0.979. The Labute approximate surface area is 130 Å². The van der Waals surface area contributed by atoms with E-state index in [1.54, 1.807) is 19.2 Å². The molecular formula is C17H23NO4. The molecule has 0 spiro atoms. The van der Waals surface area contributed by atoms with Gasteiger partial charge in [0, 0.05) is 20.3 Å². The first kappa shape index (κ1) is 16.5. The number of carbonyl (C=O) groups excluding carboxylic acids is 1. The Hall–Kier alpha value is -1.88. The number of amides is 1. The van der Waals surface area contributed by atoms with Crippen LogP contribution in [0.2, 0.25) is 0 Å². The molecule has 1 saturated carbocycles. The lowest BCUT2D eigenvalue weighted by Gasteiger charge is -2.42. The number of carboxylic acid groups (broad SMARTS) is 1. The van der Waals surface area contributed by atoms with Crippen LogP contribution in [-0.4, -0.2) is 37.2 Å². The molecule has 2 N–H and O–H groups in total. The van der Waals surface area contributed by atoms with E-state index in [9.17, 15) is 9.59 Å². The van der Waals surface area contributed by atoms with Gasteiger partial charge in [0.2, 0.25) is 5.91 Å². The van der Waals surface area contributed by atoms with Crippen LogP contribution in [0.4, 0.5) is 0 Å². The Kier molecular flexibility index (Phi) is 5.55. The number of carbonyl (C=O) groups is 2. The zero-order valence-electron chi connectivity index (χ0n) is 12.9. The molecule has 5 heteroatoms. The fourth-order valence-corrected chi connectivity index (χ4v) is 2.81. The van der Waals surface area contributed by atoms with Crippen LogP contribution in [0.25, 0.3) is 0 Å². The summed E-state index contributed by atoms with van der Waals surface area (Å²) in [6.07, 6.45) is 4.77. The summed E-state index contributed by atoms with van der Waals surface area (Å²) in [7, 11) is 1.70. The molecule has 1 aromatic rings. The van der Waals surface area contributed by atoms with Gasteiger partial charge in [0.1, 0.15) is 0 Å². The Balaban J connectivity index is 1.81. The average Bonchev–Trinajstić information content (AvgIpc) is 2.46. The first-order valence-corrected chi connectivity index (χ1v) is 7.63. The molecule has 5 nitrogen and oxygen atoms in total. The van der Waals surface area contributed by atoms with Crippen LogP contribution in [-0.2, 0) is 16.0 Å². The summed E-state index contributed by atoms with van der Waals surface area (Å²) in [5, 5.41) is 11.9. The molecule has 1 amide bonds. The van der Waals surface area contributed by atoms with Gasteiger partial charge in [-0.1, -0.05) is 18.6 Å². The quantitative estimate of drug-likeness (QED) is 0.772. The molecule has 2 rings (SSSR count). The molecule has 120 valence electrons. The first-order chi connectivity index (χ1) is 10.5. The van der Waals surface area contributed by atoms with Gasteiger partial charge >= 0.3 is 5.97 Å². The van der Waals surface area contributed by atoms with Crippen molar-refractivity contribution in [1.82, 2.24) is 5.32 Å². The van der Waals surface area contributed by atoms with Gasteiger partial charge < -0.3 is 15.2 Å². The number of ether oxygens (including phenoxy) is 1. The van der Waals surface area contributed by atoms with Crippen LogP contribution in [0.3, 0.4) is 0 Å². The third kappa shape index (κ3) is 4.31. The van der Waals surface area contributed by atoms with Gasteiger partial charge in [-0.3, -0.25) is 4.79 Å². The van der Waals surface area contributed by atoms with Crippen molar-refractivity contribution in [1.29, 1.82) is 0 Å². The van der Waals surface area contributed by atoms with Crippen molar-refractivity contribution in [3.8, 4) is 0 Å². The van der Waals surface area contributed by atoms with Gasteiger partial charge in [-0.25, -0.2) is 4.79 Å². The summed E-state index contributed by atoms with van der Waals surface area (Å²) in [6.45, 7) is 1.43. The highest BCUT2D eigenvalue weighted by molar-refractivity contribution is 5.87. The molecule has 1 aliphatic rings. The van der Waals surface area contributed by atoms with Crippen molar-refractivity contribution in [2.45, 2.75) is 32.1 Å². The van der Waals surface area contributed by atoms with Crippen molar-refractivity contribution in [2.75, 3.05) is 20.3 Å². The largest absolute Gasteiger partial charge is 0.478 e. The normalized spacial score (nSPS) is 15.9. The van der Waals surface area contributed by atoms with Crippen LogP contribution >= 0.6 is 0 Å².